The molecular formula is C11H15BrO2. The fraction of sp³-hybridized carbons (Fsp3) is 0.455. The third kappa shape index (κ3) is 1.93. The van der Waals surface area contributed by atoms with E-state index in [9.17, 15) is 10.2 Å². The van der Waals surface area contributed by atoms with E-state index in [4.69, 9.17) is 0 Å². The second-order valence-electron chi connectivity index (χ2n) is 4.13. The highest BCUT2D eigenvalue weighted by molar-refractivity contribution is 9.10. The quantitative estimate of drug-likeness (QED) is 0.857. The Morgan fingerprint density at radius 3 is 2.43 bits per heavy atom. The van der Waals surface area contributed by atoms with E-state index in [1.54, 1.807) is 0 Å². The third-order valence-electron chi connectivity index (χ3n) is 2.44. The van der Waals surface area contributed by atoms with Crippen molar-refractivity contribution in [2.75, 3.05) is 6.61 Å². The van der Waals surface area contributed by atoms with Crippen LogP contribution in [0.25, 0.3) is 0 Å². The van der Waals surface area contributed by atoms with Gasteiger partial charge in [0.2, 0.25) is 0 Å². The average Bonchev–Trinajstić information content (AvgIpc) is 2.14. The normalized spacial score (nSPS) is 11.8. The molecule has 0 aromatic heterocycles. The third-order valence-corrected chi connectivity index (χ3v) is 3.25. The van der Waals surface area contributed by atoms with Crippen molar-refractivity contribution in [2.45, 2.75) is 26.2 Å². The molecule has 0 saturated heterocycles. The van der Waals surface area contributed by atoms with Crippen LogP contribution in [0.15, 0.2) is 16.6 Å². The van der Waals surface area contributed by atoms with Gasteiger partial charge in [-0.3, -0.25) is 0 Å². The number of hydrogen-bond donors (Lipinski definition) is 2. The number of hydrogen-bond acceptors (Lipinski definition) is 2. The molecule has 0 unspecified atom stereocenters. The maximum Gasteiger partial charge on any atom is 0.132 e. The largest absolute Gasteiger partial charge is 0.506 e. The average molecular weight is 259 g/mol. The molecule has 2 nitrogen and oxygen atoms in total. The van der Waals surface area contributed by atoms with Crippen LogP contribution < -0.4 is 0 Å². The van der Waals surface area contributed by atoms with E-state index in [1.807, 2.05) is 32.9 Å². The molecule has 0 aliphatic rings. The maximum absolute atomic E-state index is 9.72. The van der Waals surface area contributed by atoms with Crippen LogP contribution in [0.5, 0.6) is 5.75 Å². The van der Waals surface area contributed by atoms with Crippen molar-refractivity contribution in [3.63, 3.8) is 0 Å². The van der Waals surface area contributed by atoms with Crippen LogP contribution in [0.1, 0.15) is 25.0 Å². The monoisotopic (exact) mass is 258 g/mol. The fourth-order valence-electron chi connectivity index (χ4n) is 1.27. The summed E-state index contributed by atoms with van der Waals surface area (Å²) in [5.41, 5.74) is 1.40. The summed E-state index contributed by atoms with van der Waals surface area (Å²) in [7, 11) is 0. The van der Waals surface area contributed by atoms with E-state index in [2.05, 4.69) is 15.9 Å². The molecule has 0 aliphatic heterocycles. The lowest BCUT2D eigenvalue weighted by Gasteiger charge is -2.24. The van der Waals surface area contributed by atoms with Gasteiger partial charge in [0, 0.05) is 5.41 Å². The minimum Gasteiger partial charge on any atom is -0.506 e. The van der Waals surface area contributed by atoms with Gasteiger partial charge in [0.25, 0.3) is 0 Å². The molecule has 0 aliphatic carbocycles. The summed E-state index contributed by atoms with van der Waals surface area (Å²) in [4.78, 5) is 0. The van der Waals surface area contributed by atoms with Crippen LogP contribution in [-0.4, -0.2) is 16.8 Å². The zero-order valence-electron chi connectivity index (χ0n) is 8.63. The highest BCUT2D eigenvalue weighted by atomic mass is 79.9. The molecule has 0 radical (unpaired) electrons. The molecule has 1 aromatic rings. The van der Waals surface area contributed by atoms with Gasteiger partial charge in [-0.1, -0.05) is 26.0 Å². The van der Waals surface area contributed by atoms with E-state index >= 15 is 0 Å². The Bertz CT molecular complexity index is 345. The van der Waals surface area contributed by atoms with Crippen molar-refractivity contribution in [1.29, 1.82) is 0 Å². The summed E-state index contributed by atoms with van der Waals surface area (Å²) in [5.74, 6) is 0.254. The molecule has 1 aromatic carbocycles. The van der Waals surface area contributed by atoms with E-state index < -0.39 is 0 Å². The van der Waals surface area contributed by atoms with Crippen molar-refractivity contribution in [2.24, 2.45) is 0 Å². The Balaban J connectivity index is 3.31. The topological polar surface area (TPSA) is 40.5 Å². The van der Waals surface area contributed by atoms with Crippen molar-refractivity contribution in [3.05, 3.63) is 27.7 Å². The zero-order chi connectivity index (χ0) is 10.9. The molecule has 0 saturated carbocycles. The molecule has 0 heterocycles. The molecule has 0 bridgehead atoms. The Morgan fingerprint density at radius 1 is 1.36 bits per heavy atom. The Labute approximate surface area is 92.7 Å². The lowest BCUT2D eigenvalue weighted by molar-refractivity contribution is 0.217. The number of rotatable bonds is 2. The van der Waals surface area contributed by atoms with Gasteiger partial charge in [0.15, 0.2) is 0 Å². The fourth-order valence-corrected chi connectivity index (χ4v) is 2.25. The first-order valence-electron chi connectivity index (χ1n) is 4.49. The van der Waals surface area contributed by atoms with Gasteiger partial charge in [-0.05, 0) is 34.0 Å². The molecule has 0 amide bonds. The van der Waals surface area contributed by atoms with Crippen molar-refractivity contribution in [1.82, 2.24) is 0 Å². The standard InChI is InChI=1S/C11H15BrO2/c1-7-4-5-8(9(12)10(7)14)11(2,3)6-13/h4-5,13-14H,6H2,1-3H3. The van der Waals surface area contributed by atoms with Crippen molar-refractivity contribution < 1.29 is 10.2 Å². The van der Waals surface area contributed by atoms with Gasteiger partial charge >= 0.3 is 0 Å². The van der Waals surface area contributed by atoms with Gasteiger partial charge < -0.3 is 10.2 Å². The van der Waals surface area contributed by atoms with Gasteiger partial charge in [-0.15, -0.1) is 0 Å². The van der Waals surface area contributed by atoms with Crippen LogP contribution >= 0.6 is 15.9 Å². The van der Waals surface area contributed by atoms with Gasteiger partial charge in [-0.2, -0.15) is 0 Å². The van der Waals surface area contributed by atoms with Crippen LogP contribution in [0.2, 0.25) is 0 Å². The minimum absolute atomic E-state index is 0.0497. The molecule has 0 spiro atoms. The number of aryl methyl sites for hydroxylation is 1. The SMILES string of the molecule is Cc1ccc(C(C)(C)CO)c(Br)c1O. The molecule has 3 heteroatoms. The number of aliphatic hydroxyl groups is 1. The minimum atomic E-state index is -0.343. The molecular weight excluding hydrogens is 244 g/mol. The van der Waals surface area contributed by atoms with Crippen LogP contribution in [0, 0.1) is 6.92 Å². The van der Waals surface area contributed by atoms with Crippen LogP contribution in [0.3, 0.4) is 0 Å². The van der Waals surface area contributed by atoms with Crippen LogP contribution in [0.4, 0.5) is 0 Å². The Hall–Kier alpha value is -0.540. The predicted octanol–water partition coefficient (Wildman–Crippen LogP) is 2.73. The lowest BCUT2D eigenvalue weighted by Crippen LogP contribution is -2.22. The Kier molecular flexibility index (Phi) is 3.22. The number of benzene rings is 1. The molecule has 78 valence electrons. The predicted molar refractivity (Wildman–Crippen MR) is 60.7 cm³/mol. The van der Waals surface area contributed by atoms with E-state index in [0.29, 0.717) is 4.47 Å². The molecule has 0 fully saturated rings. The number of aliphatic hydroxyl groups excluding tert-OH is 1. The van der Waals surface area contributed by atoms with E-state index in [-0.39, 0.29) is 17.8 Å². The summed E-state index contributed by atoms with van der Waals surface area (Å²) in [5, 5.41) is 18.9. The lowest BCUT2D eigenvalue weighted by atomic mass is 9.85. The first-order valence-corrected chi connectivity index (χ1v) is 5.29. The number of phenolic OH excluding ortho intramolecular Hbond substituents is 1. The number of halogens is 1. The highest BCUT2D eigenvalue weighted by Crippen LogP contribution is 2.37. The summed E-state index contributed by atoms with van der Waals surface area (Å²) in [6, 6.07) is 3.78. The summed E-state index contributed by atoms with van der Waals surface area (Å²) < 4.78 is 0.677. The molecule has 14 heavy (non-hydrogen) atoms. The molecule has 2 N–H and O–H groups in total. The van der Waals surface area contributed by atoms with E-state index in [1.165, 1.54) is 0 Å². The molecule has 1 rings (SSSR count). The molecule has 0 atom stereocenters. The van der Waals surface area contributed by atoms with Gasteiger partial charge in [0.05, 0.1) is 11.1 Å². The zero-order valence-corrected chi connectivity index (χ0v) is 10.2. The Morgan fingerprint density at radius 2 is 1.93 bits per heavy atom. The van der Waals surface area contributed by atoms with Gasteiger partial charge in [0.1, 0.15) is 5.75 Å². The number of phenols is 1. The second kappa shape index (κ2) is 3.91. The second-order valence-corrected chi connectivity index (χ2v) is 4.93. The van der Waals surface area contributed by atoms with E-state index in [0.717, 1.165) is 11.1 Å². The summed E-state index contributed by atoms with van der Waals surface area (Å²) in [6.45, 7) is 5.76. The summed E-state index contributed by atoms with van der Waals surface area (Å²) >= 11 is 3.35. The van der Waals surface area contributed by atoms with Gasteiger partial charge in [-0.25, -0.2) is 0 Å². The van der Waals surface area contributed by atoms with Crippen LogP contribution in [-0.2, 0) is 5.41 Å². The first-order chi connectivity index (χ1) is 6.40. The van der Waals surface area contributed by atoms with Crippen molar-refractivity contribution >= 4 is 15.9 Å². The first kappa shape index (κ1) is 11.5. The van der Waals surface area contributed by atoms with Crippen molar-refractivity contribution in [3.8, 4) is 5.75 Å². The smallest absolute Gasteiger partial charge is 0.132 e. The highest BCUT2D eigenvalue weighted by Gasteiger charge is 2.23. The maximum atomic E-state index is 9.72. The summed E-state index contributed by atoms with van der Waals surface area (Å²) in [6.07, 6.45) is 0. The number of aromatic hydroxyl groups is 1.